The van der Waals surface area contributed by atoms with Gasteiger partial charge in [-0.15, -0.1) is 0 Å². The van der Waals surface area contributed by atoms with Crippen LogP contribution in [0.25, 0.3) is 10.8 Å². The largest absolute Gasteiger partial charge is 0.322 e. The van der Waals surface area contributed by atoms with E-state index in [1.807, 2.05) is 18.2 Å². The fraction of sp³-hybridized carbons (Fsp3) is 0. The van der Waals surface area contributed by atoms with Crippen molar-refractivity contribution in [3.8, 4) is 0 Å². The van der Waals surface area contributed by atoms with Crippen molar-refractivity contribution in [3.63, 3.8) is 0 Å². The van der Waals surface area contributed by atoms with Crippen molar-refractivity contribution in [2.75, 3.05) is 15.5 Å². The lowest BCUT2D eigenvalue weighted by atomic mass is 9.93. The predicted molar refractivity (Wildman–Crippen MR) is 158 cm³/mol. The van der Waals surface area contributed by atoms with Crippen LogP contribution >= 0.6 is 15.9 Å². The first-order chi connectivity index (χ1) is 19.4. The second-order valence-corrected chi connectivity index (χ2v) is 10.0. The average molecular weight is 590 g/mol. The highest BCUT2D eigenvalue weighted by Crippen LogP contribution is 2.36. The Morgan fingerprint density at radius 2 is 1.12 bits per heavy atom. The summed E-state index contributed by atoms with van der Waals surface area (Å²) in [4.78, 5) is 55.1. The lowest BCUT2D eigenvalue weighted by molar-refractivity contribution is 0.0890. The van der Waals surface area contributed by atoms with Crippen molar-refractivity contribution < 1.29 is 19.2 Å². The van der Waals surface area contributed by atoms with Crippen LogP contribution in [0.15, 0.2) is 114 Å². The summed E-state index contributed by atoms with van der Waals surface area (Å²) in [6, 6.07) is 30.7. The van der Waals surface area contributed by atoms with Gasteiger partial charge < -0.3 is 10.6 Å². The van der Waals surface area contributed by atoms with Crippen LogP contribution in [0.1, 0.15) is 41.4 Å². The summed E-state index contributed by atoms with van der Waals surface area (Å²) >= 11 is 3.50. The van der Waals surface area contributed by atoms with Crippen LogP contribution in [-0.2, 0) is 0 Å². The second-order valence-electron chi connectivity index (χ2n) is 9.18. The third kappa shape index (κ3) is 4.54. The van der Waals surface area contributed by atoms with E-state index >= 15 is 0 Å². The zero-order valence-corrected chi connectivity index (χ0v) is 22.4. The molecular weight excluding hydrogens is 570 g/mol. The van der Waals surface area contributed by atoms with Crippen molar-refractivity contribution in [2.45, 2.75) is 0 Å². The molecule has 0 fully saturated rings. The summed E-state index contributed by atoms with van der Waals surface area (Å²) in [6.45, 7) is 0. The van der Waals surface area contributed by atoms with E-state index in [1.165, 1.54) is 18.2 Å². The number of amides is 4. The summed E-state index contributed by atoms with van der Waals surface area (Å²) < 4.78 is 0.765. The first-order valence-corrected chi connectivity index (χ1v) is 13.2. The van der Waals surface area contributed by atoms with E-state index in [0.29, 0.717) is 27.9 Å². The molecule has 194 valence electrons. The smallest absolute Gasteiger partial charge is 0.265 e. The number of hydrogen-bond donors (Lipinski definition) is 2. The number of carbonyl (C=O) groups is 4. The molecule has 0 aromatic heterocycles. The number of imide groups is 1. The maximum atomic E-state index is 13.8. The van der Waals surface area contributed by atoms with Crippen LogP contribution in [0.4, 0.5) is 17.1 Å². The Labute approximate surface area is 237 Å². The molecule has 7 nitrogen and oxygen atoms in total. The zero-order chi connectivity index (χ0) is 27.8. The Kier molecular flexibility index (Phi) is 6.45. The Bertz CT molecular complexity index is 1740. The predicted octanol–water partition coefficient (Wildman–Crippen LogP) is 6.91. The van der Waals surface area contributed by atoms with E-state index < -0.39 is 23.6 Å². The number of nitrogens with zero attached hydrogens (tertiary/aromatic N) is 1. The Hall–Kier alpha value is -5.08. The Morgan fingerprint density at radius 3 is 1.68 bits per heavy atom. The number of halogens is 1. The minimum atomic E-state index is -0.545. The molecule has 1 aliphatic rings. The van der Waals surface area contributed by atoms with E-state index in [1.54, 1.807) is 72.8 Å². The Balaban J connectivity index is 1.45. The van der Waals surface area contributed by atoms with Gasteiger partial charge in [0.1, 0.15) is 0 Å². The highest BCUT2D eigenvalue weighted by atomic mass is 79.9. The molecule has 5 aromatic rings. The van der Waals surface area contributed by atoms with Gasteiger partial charge in [-0.2, -0.15) is 0 Å². The molecule has 40 heavy (non-hydrogen) atoms. The van der Waals surface area contributed by atoms with Gasteiger partial charge in [-0.3, -0.25) is 19.2 Å². The number of benzene rings is 5. The second kappa shape index (κ2) is 10.2. The third-order valence-electron chi connectivity index (χ3n) is 6.62. The summed E-state index contributed by atoms with van der Waals surface area (Å²) in [5.41, 5.74) is 2.15. The highest BCUT2D eigenvalue weighted by molar-refractivity contribution is 9.10. The van der Waals surface area contributed by atoms with Gasteiger partial charge in [0.05, 0.1) is 5.69 Å². The van der Waals surface area contributed by atoms with Crippen LogP contribution in [0.2, 0.25) is 0 Å². The number of para-hydroxylation sites is 2. The minimum Gasteiger partial charge on any atom is -0.322 e. The van der Waals surface area contributed by atoms with Crippen LogP contribution in [-0.4, -0.2) is 23.6 Å². The molecule has 0 atom stereocenters. The summed E-state index contributed by atoms with van der Waals surface area (Å²) in [6.07, 6.45) is 0. The van der Waals surface area contributed by atoms with Gasteiger partial charge in [0.2, 0.25) is 0 Å². The van der Waals surface area contributed by atoms with Crippen molar-refractivity contribution in [2.24, 2.45) is 0 Å². The number of carbonyl (C=O) groups excluding carboxylic acids is 4. The molecule has 1 heterocycles. The van der Waals surface area contributed by atoms with E-state index in [0.717, 1.165) is 14.8 Å². The van der Waals surface area contributed by atoms with E-state index in [4.69, 9.17) is 0 Å². The molecular formula is C32H20BrN3O4. The molecule has 0 aliphatic carbocycles. The fourth-order valence-electron chi connectivity index (χ4n) is 4.75. The van der Waals surface area contributed by atoms with Gasteiger partial charge in [0.15, 0.2) is 0 Å². The van der Waals surface area contributed by atoms with Gasteiger partial charge in [-0.1, -0.05) is 64.5 Å². The lowest BCUT2D eigenvalue weighted by Gasteiger charge is -2.28. The molecule has 5 aromatic carbocycles. The normalized spacial score (nSPS) is 12.4. The Morgan fingerprint density at radius 1 is 0.600 bits per heavy atom. The molecule has 1 aliphatic heterocycles. The molecule has 4 amide bonds. The molecule has 0 radical (unpaired) electrons. The van der Waals surface area contributed by atoms with Crippen LogP contribution in [0, 0.1) is 0 Å². The zero-order valence-electron chi connectivity index (χ0n) is 20.9. The number of anilines is 3. The van der Waals surface area contributed by atoms with Gasteiger partial charge in [-0.05, 0) is 66.0 Å². The average Bonchev–Trinajstić information content (AvgIpc) is 2.97. The maximum absolute atomic E-state index is 13.8. The van der Waals surface area contributed by atoms with Gasteiger partial charge in [-0.25, -0.2) is 4.90 Å². The number of hydrogen-bond acceptors (Lipinski definition) is 4. The molecule has 0 bridgehead atoms. The molecule has 0 saturated carbocycles. The molecule has 0 saturated heterocycles. The van der Waals surface area contributed by atoms with Gasteiger partial charge >= 0.3 is 0 Å². The first kappa shape index (κ1) is 25.2. The quantitative estimate of drug-likeness (QED) is 0.218. The van der Waals surface area contributed by atoms with Crippen molar-refractivity contribution in [1.29, 1.82) is 0 Å². The maximum Gasteiger partial charge on any atom is 0.265 e. The van der Waals surface area contributed by atoms with Crippen LogP contribution in [0.3, 0.4) is 0 Å². The molecule has 6 rings (SSSR count). The fourth-order valence-corrected chi connectivity index (χ4v) is 5.21. The SMILES string of the molecule is O=C(Nc1ccccc1)c1cc(C(=O)Nc2ccccc2)cc(N2C(=O)c3cccc4c(Br)ccc(c34)C2=O)c1. The van der Waals surface area contributed by atoms with Crippen molar-refractivity contribution in [3.05, 3.63) is 136 Å². The molecule has 0 spiro atoms. The van der Waals surface area contributed by atoms with Crippen LogP contribution in [0.5, 0.6) is 0 Å². The standard InChI is InChI=1S/C32H20BrN3O4/c33-27-15-14-26-28-24(27)12-7-13-25(28)31(39)36(32(26)40)23-17-19(29(37)34-21-8-3-1-4-9-21)16-20(18-23)30(38)35-22-10-5-2-6-11-22/h1-18H,(H,34,37)(H,35,38). The summed E-state index contributed by atoms with van der Waals surface area (Å²) in [7, 11) is 0. The molecule has 2 N–H and O–H groups in total. The number of nitrogens with one attached hydrogen (secondary N) is 2. The topological polar surface area (TPSA) is 95.6 Å². The summed E-state index contributed by atoms with van der Waals surface area (Å²) in [5, 5.41) is 6.90. The van der Waals surface area contributed by atoms with Crippen molar-refractivity contribution >= 4 is 67.4 Å². The van der Waals surface area contributed by atoms with Crippen LogP contribution < -0.4 is 15.5 Å². The lowest BCUT2D eigenvalue weighted by Crippen LogP contribution is -2.40. The summed E-state index contributed by atoms with van der Waals surface area (Å²) in [5.74, 6) is -2.08. The van der Waals surface area contributed by atoms with Gasteiger partial charge in [0.25, 0.3) is 23.6 Å². The molecule has 8 heteroatoms. The van der Waals surface area contributed by atoms with Gasteiger partial charge in [0, 0.05) is 43.5 Å². The monoisotopic (exact) mass is 589 g/mol. The van der Waals surface area contributed by atoms with E-state index in [9.17, 15) is 19.2 Å². The van der Waals surface area contributed by atoms with E-state index in [2.05, 4.69) is 26.6 Å². The minimum absolute atomic E-state index is 0.111. The highest BCUT2D eigenvalue weighted by Gasteiger charge is 2.35. The van der Waals surface area contributed by atoms with E-state index in [-0.39, 0.29) is 16.8 Å². The van der Waals surface area contributed by atoms with Crippen molar-refractivity contribution in [1.82, 2.24) is 0 Å². The molecule has 0 unspecified atom stereocenters. The first-order valence-electron chi connectivity index (χ1n) is 12.4. The third-order valence-corrected chi connectivity index (χ3v) is 7.31. The number of rotatable bonds is 5.